The first-order chi connectivity index (χ1) is 8.29. The van der Waals surface area contributed by atoms with Crippen LogP contribution in [-0.2, 0) is 16.0 Å². The number of carbonyl (C=O) groups excluding carboxylic acids is 1. The number of carbonyl (C=O) groups is 1. The molecule has 0 radical (unpaired) electrons. The van der Waals surface area contributed by atoms with Crippen LogP contribution >= 0.6 is 11.3 Å². The topological polar surface area (TPSA) is 52.1 Å². The van der Waals surface area contributed by atoms with Gasteiger partial charge in [-0.05, 0) is 12.5 Å². The van der Waals surface area contributed by atoms with Gasteiger partial charge in [-0.2, -0.15) is 0 Å². The third-order valence-corrected chi connectivity index (χ3v) is 3.37. The number of aromatic nitrogens is 2. The van der Waals surface area contributed by atoms with Gasteiger partial charge in [0.15, 0.2) is 11.1 Å². The standard InChI is InChI=1S/C12H12N2O2S/c1-9(16-8-15)12-14-13-11(17-12)7-10-5-3-2-4-6-10/h2-6,8-9H,7H2,1H3. The van der Waals surface area contributed by atoms with Crippen molar-refractivity contribution in [1.82, 2.24) is 10.2 Å². The van der Waals surface area contributed by atoms with Gasteiger partial charge in [0.05, 0.1) is 0 Å². The zero-order valence-electron chi connectivity index (χ0n) is 9.37. The molecule has 1 atom stereocenters. The second-order valence-corrected chi connectivity index (χ2v) is 4.66. The molecular weight excluding hydrogens is 236 g/mol. The largest absolute Gasteiger partial charge is 0.457 e. The van der Waals surface area contributed by atoms with Gasteiger partial charge in [0.2, 0.25) is 0 Å². The van der Waals surface area contributed by atoms with E-state index in [1.807, 2.05) is 30.3 Å². The minimum absolute atomic E-state index is 0.325. The van der Waals surface area contributed by atoms with Crippen LogP contribution in [0.5, 0.6) is 0 Å². The van der Waals surface area contributed by atoms with Crippen LogP contribution < -0.4 is 0 Å². The molecule has 0 bridgehead atoms. The molecule has 88 valence electrons. The van der Waals surface area contributed by atoms with E-state index in [0.717, 1.165) is 16.4 Å². The van der Waals surface area contributed by atoms with Crippen molar-refractivity contribution < 1.29 is 9.53 Å². The molecule has 0 aliphatic carbocycles. The minimum Gasteiger partial charge on any atom is -0.457 e. The molecule has 1 aromatic carbocycles. The summed E-state index contributed by atoms with van der Waals surface area (Å²) in [5, 5.41) is 9.75. The third-order valence-electron chi connectivity index (χ3n) is 2.29. The van der Waals surface area contributed by atoms with E-state index in [9.17, 15) is 4.79 Å². The Morgan fingerprint density at radius 2 is 2.12 bits per heavy atom. The molecule has 0 saturated carbocycles. The first-order valence-electron chi connectivity index (χ1n) is 5.25. The lowest BCUT2D eigenvalue weighted by molar-refractivity contribution is -0.133. The van der Waals surface area contributed by atoms with Crippen molar-refractivity contribution in [1.29, 1.82) is 0 Å². The average Bonchev–Trinajstić information content (AvgIpc) is 2.79. The van der Waals surface area contributed by atoms with Gasteiger partial charge < -0.3 is 4.74 Å². The Bertz CT molecular complexity index is 484. The Balaban J connectivity index is 2.06. The summed E-state index contributed by atoms with van der Waals surface area (Å²) in [6, 6.07) is 10.1. The van der Waals surface area contributed by atoms with Crippen LogP contribution in [0.25, 0.3) is 0 Å². The van der Waals surface area contributed by atoms with Crippen molar-refractivity contribution in [2.24, 2.45) is 0 Å². The highest BCUT2D eigenvalue weighted by atomic mass is 32.1. The summed E-state index contributed by atoms with van der Waals surface area (Å²) >= 11 is 1.47. The molecule has 0 N–H and O–H groups in total. The minimum atomic E-state index is -0.325. The second-order valence-electron chi connectivity index (χ2n) is 3.57. The molecule has 5 heteroatoms. The maximum atomic E-state index is 10.2. The van der Waals surface area contributed by atoms with Gasteiger partial charge in [-0.25, -0.2) is 0 Å². The van der Waals surface area contributed by atoms with Crippen LogP contribution in [0.15, 0.2) is 30.3 Å². The van der Waals surface area contributed by atoms with E-state index in [2.05, 4.69) is 10.2 Å². The summed E-state index contributed by atoms with van der Waals surface area (Å²) in [6.07, 6.45) is 0.432. The van der Waals surface area contributed by atoms with E-state index >= 15 is 0 Å². The molecule has 1 aromatic heterocycles. The van der Waals surface area contributed by atoms with E-state index in [0.29, 0.717) is 6.47 Å². The van der Waals surface area contributed by atoms with Gasteiger partial charge in [-0.3, -0.25) is 4.79 Å². The van der Waals surface area contributed by atoms with Crippen molar-refractivity contribution in [3.63, 3.8) is 0 Å². The van der Waals surface area contributed by atoms with Crippen molar-refractivity contribution in [2.75, 3.05) is 0 Å². The Morgan fingerprint density at radius 1 is 1.35 bits per heavy atom. The van der Waals surface area contributed by atoms with E-state index in [1.165, 1.54) is 16.9 Å². The molecule has 1 unspecified atom stereocenters. The molecule has 0 amide bonds. The Hall–Kier alpha value is -1.75. The highest BCUT2D eigenvalue weighted by Gasteiger charge is 2.12. The van der Waals surface area contributed by atoms with E-state index in [4.69, 9.17) is 4.74 Å². The number of benzene rings is 1. The lowest BCUT2D eigenvalue weighted by Crippen LogP contribution is -1.96. The molecular formula is C12H12N2O2S. The predicted octanol–water partition coefficient (Wildman–Crippen LogP) is 2.36. The highest BCUT2D eigenvalue weighted by molar-refractivity contribution is 7.11. The SMILES string of the molecule is CC(OC=O)c1nnc(Cc2ccccc2)s1. The summed E-state index contributed by atoms with van der Waals surface area (Å²) in [7, 11) is 0. The molecule has 1 heterocycles. The first-order valence-corrected chi connectivity index (χ1v) is 6.06. The number of hydrogen-bond acceptors (Lipinski definition) is 5. The van der Waals surface area contributed by atoms with Crippen molar-refractivity contribution >= 4 is 17.8 Å². The third kappa shape index (κ3) is 3.10. The molecule has 17 heavy (non-hydrogen) atoms. The van der Waals surface area contributed by atoms with Gasteiger partial charge in [0, 0.05) is 6.42 Å². The van der Waals surface area contributed by atoms with Crippen LogP contribution in [0.2, 0.25) is 0 Å². The van der Waals surface area contributed by atoms with Crippen LogP contribution in [0, 0.1) is 0 Å². The van der Waals surface area contributed by atoms with Crippen molar-refractivity contribution in [3.05, 3.63) is 45.9 Å². The Morgan fingerprint density at radius 3 is 2.82 bits per heavy atom. The van der Waals surface area contributed by atoms with Gasteiger partial charge >= 0.3 is 0 Å². The smallest absolute Gasteiger partial charge is 0.293 e. The zero-order chi connectivity index (χ0) is 12.1. The van der Waals surface area contributed by atoms with E-state index < -0.39 is 0 Å². The summed E-state index contributed by atoms with van der Waals surface area (Å²) in [6.45, 7) is 2.21. The van der Waals surface area contributed by atoms with Crippen molar-refractivity contribution in [3.8, 4) is 0 Å². The van der Waals surface area contributed by atoms with Crippen LogP contribution in [0.3, 0.4) is 0 Å². The van der Waals surface area contributed by atoms with Crippen LogP contribution in [0.4, 0.5) is 0 Å². The summed E-state index contributed by atoms with van der Waals surface area (Å²) < 4.78 is 4.82. The molecule has 2 aromatic rings. The lowest BCUT2D eigenvalue weighted by atomic mass is 10.2. The number of hydrogen-bond donors (Lipinski definition) is 0. The normalized spacial score (nSPS) is 12.1. The highest BCUT2D eigenvalue weighted by Crippen LogP contribution is 2.21. The van der Waals surface area contributed by atoms with Crippen LogP contribution in [0.1, 0.15) is 28.6 Å². The van der Waals surface area contributed by atoms with Crippen molar-refractivity contribution in [2.45, 2.75) is 19.4 Å². The van der Waals surface area contributed by atoms with Gasteiger partial charge in [0.1, 0.15) is 5.01 Å². The van der Waals surface area contributed by atoms with Crippen LogP contribution in [-0.4, -0.2) is 16.7 Å². The number of nitrogens with zero attached hydrogens (tertiary/aromatic N) is 2. The first kappa shape index (κ1) is 11.7. The summed E-state index contributed by atoms with van der Waals surface area (Å²) in [5.74, 6) is 0. The average molecular weight is 248 g/mol. The van der Waals surface area contributed by atoms with Gasteiger partial charge in [-0.15, -0.1) is 10.2 Å². The Labute approximate surface area is 103 Å². The molecule has 0 fully saturated rings. The number of rotatable bonds is 5. The fourth-order valence-corrected chi connectivity index (χ4v) is 2.28. The second kappa shape index (κ2) is 5.54. The monoisotopic (exact) mass is 248 g/mol. The summed E-state index contributed by atoms with van der Waals surface area (Å²) in [4.78, 5) is 10.2. The molecule has 0 aliphatic heterocycles. The molecule has 0 saturated heterocycles. The molecule has 0 aliphatic rings. The molecule has 4 nitrogen and oxygen atoms in total. The zero-order valence-corrected chi connectivity index (χ0v) is 10.2. The van der Waals surface area contributed by atoms with E-state index in [1.54, 1.807) is 6.92 Å². The molecule has 0 spiro atoms. The maximum absolute atomic E-state index is 10.2. The summed E-state index contributed by atoms with van der Waals surface area (Å²) in [5.41, 5.74) is 1.19. The van der Waals surface area contributed by atoms with E-state index in [-0.39, 0.29) is 6.10 Å². The number of ether oxygens (including phenoxy) is 1. The maximum Gasteiger partial charge on any atom is 0.293 e. The van der Waals surface area contributed by atoms with Gasteiger partial charge in [0.25, 0.3) is 6.47 Å². The fraction of sp³-hybridized carbons (Fsp3) is 0.250. The lowest BCUT2D eigenvalue weighted by Gasteiger charge is -2.02. The predicted molar refractivity (Wildman–Crippen MR) is 64.7 cm³/mol. The quantitative estimate of drug-likeness (QED) is 0.762. The molecule has 2 rings (SSSR count). The Kier molecular flexibility index (Phi) is 3.82. The fourth-order valence-electron chi connectivity index (χ4n) is 1.41. The van der Waals surface area contributed by atoms with Gasteiger partial charge in [-0.1, -0.05) is 41.7 Å².